The van der Waals surface area contributed by atoms with Gasteiger partial charge in [0.15, 0.2) is 0 Å². The van der Waals surface area contributed by atoms with Gasteiger partial charge < -0.3 is 15.4 Å². The van der Waals surface area contributed by atoms with E-state index < -0.39 is 11.9 Å². The van der Waals surface area contributed by atoms with Crippen molar-refractivity contribution in [2.24, 2.45) is 0 Å². The van der Waals surface area contributed by atoms with Crippen LogP contribution in [0.15, 0.2) is 54.6 Å². The third-order valence-electron chi connectivity index (χ3n) is 3.54. The van der Waals surface area contributed by atoms with Crippen LogP contribution in [-0.2, 0) is 20.7 Å². The van der Waals surface area contributed by atoms with Crippen LogP contribution in [0.2, 0.25) is 0 Å². The fourth-order valence-corrected chi connectivity index (χ4v) is 2.24. The van der Waals surface area contributed by atoms with Gasteiger partial charge in [-0.3, -0.25) is 9.59 Å². The van der Waals surface area contributed by atoms with E-state index in [1.165, 1.54) is 7.11 Å². The fourth-order valence-electron chi connectivity index (χ4n) is 2.24. The van der Waals surface area contributed by atoms with Crippen molar-refractivity contribution < 1.29 is 19.1 Å². The molecule has 6 heteroatoms. The summed E-state index contributed by atoms with van der Waals surface area (Å²) in [4.78, 5) is 35.5. The molecule has 6 nitrogen and oxygen atoms in total. The van der Waals surface area contributed by atoms with Crippen molar-refractivity contribution in [3.05, 3.63) is 65.7 Å². The summed E-state index contributed by atoms with van der Waals surface area (Å²) >= 11 is 0. The van der Waals surface area contributed by atoms with Gasteiger partial charge in [-0.25, -0.2) is 4.79 Å². The van der Waals surface area contributed by atoms with E-state index in [1.54, 1.807) is 24.3 Å². The molecule has 2 aromatic rings. The van der Waals surface area contributed by atoms with Gasteiger partial charge in [-0.05, 0) is 24.1 Å². The van der Waals surface area contributed by atoms with Gasteiger partial charge >= 0.3 is 5.97 Å². The number of methoxy groups -OCH3 is 1. The van der Waals surface area contributed by atoms with Gasteiger partial charge in [-0.2, -0.15) is 0 Å². The molecule has 0 radical (unpaired) electrons. The van der Waals surface area contributed by atoms with Gasteiger partial charge in [0.2, 0.25) is 11.8 Å². The van der Waals surface area contributed by atoms with Crippen LogP contribution in [-0.4, -0.2) is 31.4 Å². The summed E-state index contributed by atoms with van der Waals surface area (Å²) in [5.41, 5.74) is 1.67. The summed E-state index contributed by atoms with van der Waals surface area (Å²) in [5.74, 6) is -1.16. The zero-order chi connectivity index (χ0) is 18.1. The topological polar surface area (TPSA) is 84.5 Å². The highest BCUT2D eigenvalue weighted by Crippen LogP contribution is 2.15. The second-order valence-electron chi connectivity index (χ2n) is 5.35. The van der Waals surface area contributed by atoms with E-state index in [1.807, 2.05) is 30.3 Å². The minimum Gasteiger partial charge on any atom is -0.465 e. The summed E-state index contributed by atoms with van der Waals surface area (Å²) in [6.07, 6.45) is 0.912. The Morgan fingerprint density at radius 2 is 1.60 bits per heavy atom. The number of ether oxygens (including phenoxy) is 1. The van der Waals surface area contributed by atoms with Crippen LogP contribution in [0.1, 0.15) is 22.3 Å². The molecule has 25 heavy (non-hydrogen) atoms. The second-order valence-corrected chi connectivity index (χ2v) is 5.35. The molecule has 0 aliphatic carbocycles. The molecule has 0 unspecified atom stereocenters. The zero-order valence-corrected chi connectivity index (χ0v) is 14.0. The van der Waals surface area contributed by atoms with E-state index in [4.69, 9.17) is 0 Å². The van der Waals surface area contributed by atoms with Crippen LogP contribution in [0.3, 0.4) is 0 Å². The first-order valence-electron chi connectivity index (χ1n) is 7.88. The molecule has 0 saturated carbocycles. The van der Waals surface area contributed by atoms with Crippen LogP contribution in [0.25, 0.3) is 0 Å². The minimum atomic E-state index is -0.539. The number of para-hydroxylation sites is 1. The van der Waals surface area contributed by atoms with E-state index in [0.29, 0.717) is 18.5 Å². The highest BCUT2D eigenvalue weighted by Gasteiger charge is 2.13. The maximum absolute atomic E-state index is 12.0. The quantitative estimate of drug-likeness (QED) is 0.757. The van der Waals surface area contributed by atoms with Crippen molar-refractivity contribution >= 4 is 23.5 Å². The van der Waals surface area contributed by atoms with E-state index in [-0.39, 0.29) is 18.0 Å². The molecule has 0 heterocycles. The number of benzene rings is 2. The Morgan fingerprint density at radius 1 is 0.920 bits per heavy atom. The number of carbonyl (C=O) groups is 3. The lowest BCUT2D eigenvalue weighted by atomic mass is 10.1. The van der Waals surface area contributed by atoms with Crippen LogP contribution in [0.5, 0.6) is 0 Å². The monoisotopic (exact) mass is 340 g/mol. The summed E-state index contributed by atoms with van der Waals surface area (Å²) in [7, 11) is 1.27. The molecule has 0 fully saturated rings. The molecule has 2 aromatic carbocycles. The Hall–Kier alpha value is -3.15. The van der Waals surface area contributed by atoms with Crippen LogP contribution in [0.4, 0.5) is 5.69 Å². The Labute approximate surface area is 146 Å². The normalized spacial score (nSPS) is 9.96. The van der Waals surface area contributed by atoms with E-state index in [0.717, 1.165) is 5.56 Å². The molecule has 0 atom stereocenters. The molecule has 130 valence electrons. The molecule has 0 spiro atoms. The first kappa shape index (κ1) is 18.2. The number of anilines is 1. The molecule has 0 aromatic heterocycles. The molecule has 2 rings (SSSR count). The predicted octanol–water partition coefficient (Wildman–Crippen LogP) is 2.16. The summed E-state index contributed by atoms with van der Waals surface area (Å²) in [5, 5.41) is 5.17. The molecular weight excluding hydrogens is 320 g/mol. The molecule has 2 N–H and O–H groups in total. The van der Waals surface area contributed by atoms with E-state index in [2.05, 4.69) is 15.4 Å². The first-order valence-corrected chi connectivity index (χ1v) is 7.88. The highest BCUT2D eigenvalue weighted by atomic mass is 16.5. The number of hydrogen-bond donors (Lipinski definition) is 2. The first-order chi connectivity index (χ1) is 12.1. The summed E-state index contributed by atoms with van der Waals surface area (Å²) in [6.45, 7) is -0.164. The Bertz CT molecular complexity index is 744. The molecule has 0 aliphatic rings. The maximum atomic E-state index is 12.0. The largest absolute Gasteiger partial charge is 0.465 e. The lowest BCUT2D eigenvalue weighted by Crippen LogP contribution is -2.33. The number of amides is 2. The SMILES string of the molecule is COC(=O)c1ccccc1NC(=O)CNC(=O)CCc1ccccc1. The standard InChI is InChI=1S/C19H20N2O4/c1-25-19(24)15-9-5-6-10-16(15)21-18(23)13-20-17(22)12-11-14-7-3-2-4-8-14/h2-10H,11-13H2,1H3,(H,20,22)(H,21,23). The number of rotatable bonds is 7. The van der Waals surface area contributed by atoms with Crippen molar-refractivity contribution in [3.8, 4) is 0 Å². The zero-order valence-electron chi connectivity index (χ0n) is 14.0. The molecule has 0 bridgehead atoms. The molecule has 0 aliphatic heterocycles. The van der Waals surface area contributed by atoms with Gasteiger partial charge in [-0.1, -0.05) is 42.5 Å². The average molecular weight is 340 g/mol. The van der Waals surface area contributed by atoms with Crippen LogP contribution >= 0.6 is 0 Å². The van der Waals surface area contributed by atoms with Crippen LogP contribution in [0, 0.1) is 0 Å². The van der Waals surface area contributed by atoms with Crippen molar-refractivity contribution in [2.45, 2.75) is 12.8 Å². The second kappa shape index (κ2) is 9.22. The van der Waals surface area contributed by atoms with Gasteiger partial charge in [0.25, 0.3) is 0 Å². The molecule has 0 saturated heterocycles. The third kappa shape index (κ3) is 5.76. The smallest absolute Gasteiger partial charge is 0.339 e. The number of nitrogens with one attached hydrogen (secondary N) is 2. The summed E-state index contributed by atoms with van der Waals surface area (Å²) < 4.78 is 4.67. The number of carbonyl (C=O) groups excluding carboxylic acids is 3. The van der Waals surface area contributed by atoms with Crippen molar-refractivity contribution in [1.82, 2.24) is 5.32 Å². The Balaban J connectivity index is 1.81. The molecular formula is C19H20N2O4. The van der Waals surface area contributed by atoms with Crippen molar-refractivity contribution in [2.75, 3.05) is 19.0 Å². The predicted molar refractivity (Wildman–Crippen MR) is 94.2 cm³/mol. The van der Waals surface area contributed by atoms with E-state index in [9.17, 15) is 14.4 Å². The fraction of sp³-hybridized carbons (Fsp3) is 0.211. The van der Waals surface area contributed by atoms with Gasteiger partial charge in [0.05, 0.1) is 24.9 Å². The lowest BCUT2D eigenvalue weighted by Gasteiger charge is -2.10. The van der Waals surface area contributed by atoms with Gasteiger partial charge in [0, 0.05) is 6.42 Å². The Morgan fingerprint density at radius 3 is 2.32 bits per heavy atom. The summed E-state index contributed by atoms with van der Waals surface area (Å²) in [6, 6.07) is 16.2. The highest BCUT2D eigenvalue weighted by molar-refractivity contribution is 6.02. The molecule has 2 amide bonds. The van der Waals surface area contributed by atoms with Crippen LogP contribution < -0.4 is 10.6 Å². The third-order valence-corrected chi connectivity index (χ3v) is 3.54. The lowest BCUT2D eigenvalue weighted by molar-refractivity contribution is -0.124. The number of aryl methyl sites for hydroxylation is 1. The minimum absolute atomic E-state index is 0.164. The maximum Gasteiger partial charge on any atom is 0.339 e. The van der Waals surface area contributed by atoms with Crippen molar-refractivity contribution in [3.63, 3.8) is 0 Å². The number of esters is 1. The number of hydrogen-bond acceptors (Lipinski definition) is 4. The average Bonchev–Trinajstić information content (AvgIpc) is 2.65. The van der Waals surface area contributed by atoms with Gasteiger partial charge in [0.1, 0.15) is 0 Å². The van der Waals surface area contributed by atoms with Gasteiger partial charge in [-0.15, -0.1) is 0 Å². The van der Waals surface area contributed by atoms with Crippen molar-refractivity contribution in [1.29, 1.82) is 0 Å². The Kier molecular flexibility index (Phi) is 6.71. The van der Waals surface area contributed by atoms with E-state index >= 15 is 0 Å².